The molecule has 4 atom stereocenters. The topological polar surface area (TPSA) is 44.3 Å². The van der Waals surface area contributed by atoms with Crippen LogP contribution in [0, 0.1) is 0 Å². The van der Waals surface area contributed by atoms with Crippen LogP contribution in [-0.2, 0) is 16.0 Å². The van der Waals surface area contributed by atoms with Crippen molar-refractivity contribution in [2.75, 3.05) is 77.4 Å². The van der Waals surface area contributed by atoms with Gasteiger partial charge in [-0.25, -0.2) is 0 Å². The van der Waals surface area contributed by atoms with Gasteiger partial charge in [0.25, 0.3) is 0 Å². The van der Waals surface area contributed by atoms with Gasteiger partial charge < -0.3 is 29.1 Å². The van der Waals surface area contributed by atoms with Crippen LogP contribution in [0.4, 0.5) is 11.4 Å². The summed E-state index contributed by atoms with van der Waals surface area (Å²) in [5, 5.41) is 0. The fourth-order valence-corrected chi connectivity index (χ4v) is 5.82. The molecule has 3 unspecified atom stereocenters. The molecule has 0 aliphatic carbocycles. The summed E-state index contributed by atoms with van der Waals surface area (Å²) in [7, 11) is 8.45. The predicted molar refractivity (Wildman–Crippen MR) is 162 cm³/mol. The van der Waals surface area contributed by atoms with Crippen LogP contribution in [0.2, 0.25) is 0 Å². The maximum atomic E-state index is 6.38. The Hall–Kier alpha value is -2.19. The molecule has 1 aromatic heterocycles. The maximum absolute atomic E-state index is 6.38. The van der Waals surface area contributed by atoms with Gasteiger partial charge in [-0.05, 0) is 83.2 Å². The highest BCUT2D eigenvalue weighted by atomic mass is 16.5. The quantitative estimate of drug-likeness (QED) is 0.431. The Morgan fingerprint density at radius 2 is 1.67 bits per heavy atom. The summed E-state index contributed by atoms with van der Waals surface area (Å²) in [5.41, 5.74) is 6.25. The monoisotopic (exact) mass is 537 g/mol. The molecule has 0 spiro atoms. The molecule has 2 fully saturated rings. The van der Waals surface area contributed by atoms with E-state index in [0.29, 0.717) is 17.9 Å². The average Bonchev–Trinajstić information content (AvgIpc) is 2.89. The first kappa shape index (κ1) is 29.8. The number of hydrogen-bond donors (Lipinski definition) is 0. The number of hydrogen-bond acceptors (Lipinski definition) is 7. The van der Waals surface area contributed by atoms with E-state index in [1.54, 1.807) is 0 Å². The fraction of sp³-hybridized carbons (Fsp3) is 0.656. The van der Waals surface area contributed by atoms with Gasteiger partial charge in [-0.1, -0.05) is 32.9 Å². The minimum absolute atomic E-state index is 0.193. The van der Waals surface area contributed by atoms with Crippen LogP contribution in [0.3, 0.4) is 0 Å². The van der Waals surface area contributed by atoms with Crippen molar-refractivity contribution in [3.05, 3.63) is 53.3 Å². The van der Waals surface area contributed by atoms with Crippen LogP contribution >= 0.6 is 0 Å². The molecule has 3 heterocycles. The van der Waals surface area contributed by atoms with E-state index in [9.17, 15) is 0 Å². The van der Waals surface area contributed by atoms with Crippen LogP contribution in [-0.4, -0.2) is 101 Å². The maximum Gasteiger partial charge on any atom is 0.0877 e. The lowest BCUT2D eigenvalue weighted by Gasteiger charge is -2.41. The van der Waals surface area contributed by atoms with Crippen LogP contribution in [0.5, 0.6) is 0 Å². The fourth-order valence-electron chi connectivity index (χ4n) is 5.82. The molecule has 39 heavy (non-hydrogen) atoms. The van der Waals surface area contributed by atoms with Crippen molar-refractivity contribution >= 4 is 11.4 Å². The van der Waals surface area contributed by atoms with Crippen LogP contribution in [0.25, 0.3) is 0 Å². The van der Waals surface area contributed by atoms with E-state index in [0.717, 1.165) is 58.1 Å². The average molecular weight is 538 g/mol. The highest BCUT2D eigenvalue weighted by Crippen LogP contribution is 2.31. The lowest BCUT2D eigenvalue weighted by atomic mass is 9.93. The summed E-state index contributed by atoms with van der Waals surface area (Å²) in [6, 6.07) is 14.0. The molecule has 0 N–H and O–H groups in total. The van der Waals surface area contributed by atoms with E-state index in [4.69, 9.17) is 14.5 Å². The third-order valence-electron chi connectivity index (χ3n) is 8.00. The van der Waals surface area contributed by atoms with Gasteiger partial charge in [-0.15, -0.1) is 0 Å². The Labute approximate surface area is 237 Å². The molecule has 0 amide bonds. The van der Waals surface area contributed by atoms with E-state index in [1.807, 2.05) is 0 Å². The Morgan fingerprint density at radius 3 is 2.33 bits per heavy atom. The Morgan fingerprint density at radius 1 is 0.923 bits per heavy atom. The SMILES string of the molecule is CC(C)c1ccc(N2CC(CC(C)c3ccc(N4CCOC(CN(C)C)C4)cc3)OC[C@H]2C)c(CN(C)C)n1. The minimum Gasteiger partial charge on any atom is -0.374 e. The van der Waals surface area contributed by atoms with Crippen molar-refractivity contribution in [1.82, 2.24) is 14.8 Å². The molecule has 216 valence electrons. The van der Waals surface area contributed by atoms with E-state index < -0.39 is 0 Å². The Bertz CT molecular complexity index is 1040. The molecule has 0 bridgehead atoms. The number of nitrogens with zero attached hydrogens (tertiary/aromatic N) is 5. The van der Waals surface area contributed by atoms with E-state index in [2.05, 4.69) is 112 Å². The second kappa shape index (κ2) is 13.4. The third-order valence-corrected chi connectivity index (χ3v) is 8.00. The summed E-state index contributed by atoms with van der Waals surface area (Å²) >= 11 is 0. The molecular weight excluding hydrogens is 486 g/mol. The Balaban J connectivity index is 1.41. The second-order valence-corrected chi connectivity index (χ2v) is 12.5. The number of benzene rings is 1. The van der Waals surface area contributed by atoms with E-state index in [1.165, 1.54) is 22.6 Å². The van der Waals surface area contributed by atoms with Gasteiger partial charge >= 0.3 is 0 Å². The van der Waals surface area contributed by atoms with Crippen molar-refractivity contribution in [3.8, 4) is 0 Å². The molecule has 0 radical (unpaired) electrons. The molecule has 4 rings (SSSR count). The summed E-state index contributed by atoms with van der Waals surface area (Å²) in [5.74, 6) is 0.845. The van der Waals surface area contributed by atoms with Crippen LogP contribution in [0.15, 0.2) is 36.4 Å². The zero-order valence-corrected chi connectivity index (χ0v) is 25.6. The summed E-state index contributed by atoms with van der Waals surface area (Å²) in [6.45, 7) is 15.1. The molecule has 2 aliphatic rings. The molecule has 2 aliphatic heterocycles. The highest BCUT2D eigenvalue weighted by molar-refractivity contribution is 5.53. The van der Waals surface area contributed by atoms with Crippen molar-refractivity contribution < 1.29 is 9.47 Å². The highest BCUT2D eigenvalue weighted by Gasteiger charge is 2.30. The van der Waals surface area contributed by atoms with Gasteiger partial charge in [0.15, 0.2) is 0 Å². The molecule has 0 saturated carbocycles. The number of likely N-dealkylation sites (N-methyl/N-ethyl adjacent to an activating group) is 1. The van der Waals surface area contributed by atoms with Crippen molar-refractivity contribution in [1.29, 1.82) is 0 Å². The molecule has 1 aromatic carbocycles. The van der Waals surface area contributed by atoms with Gasteiger partial charge in [0.1, 0.15) is 0 Å². The van der Waals surface area contributed by atoms with E-state index >= 15 is 0 Å². The largest absolute Gasteiger partial charge is 0.374 e. The molecular formula is C32H51N5O2. The molecule has 2 aromatic rings. The van der Waals surface area contributed by atoms with Gasteiger partial charge in [0.05, 0.1) is 36.8 Å². The molecule has 7 nitrogen and oxygen atoms in total. The lowest BCUT2D eigenvalue weighted by Crippen LogP contribution is -2.49. The van der Waals surface area contributed by atoms with Crippen LogP contribution < -0.4 is 9.80 Å². The number of aromatic nitrogens is 1. The second-order valence-electron chi connectivity index (χ2n) is 12.5. The summed E-state index contributed by atoms with van der Waals surface area (Å²) in [6.07, 6.45) is 1.46. The van der Waals surface area contributed by atoms with Crippen LogP contribution in [0.1, 0.15) is 62.9 Å². The number of morpholine rings is 2. The third kappa shape index (κ3) is 7.94. The Kier molecular flexibility index (Phi) is 10.3. The van der Waals surface area contributed by atoms with E-state index in [-0.39, 0.29) is 12.2 Å². The first-order valence-corrected chi connectivity index (χ1v) is 14.7. The minimum atomic E-state index is 0.193. The number of ether oxygens (including phenoxy) is 2. The number of anilines is 2. The molecule has 7 heteroatoms. The van der Waals surface area contributed by atoms with Gasteiger partial charge in [-0.3, -0.25) is 4.98 Å². The number of pyridine rings is 1. The first-order valence-electron chi connectivity index (χ1n) is 14.7. The van der Waals surface area contributed by atoms with Crippen molar-refractivity contribution in [3.63, 3.8) is 0 Å². The first-order chi connectivity index (χ1) is 18.6. The van der Waals surface area contributed by atoms with Gasteiger partial charge in [-0.2, -0.15) is 0 Å². The van der Waals surface area contributed by atoms with Crippen molar-refractivity contribution in [2.45, 2.75) is 70.7 Å². The van der Waals surface area contributed by atoms with Crippen molar-refractivity contribution in [2.24, 2.45) is 0 Å². The standard InChI is InChI=1S/C32H51N5O2/c1-23(2)30-13-14-32(31(33-30)21-35(7)8)37-20-28(39-22-25(37)4)17-24(3)26-9-11-27(12-10-26)36-15-16-38-29(19-36)18-34(5)6/h9-14,23-25,28-29H,15-22H2,1-8H3/t24?,25-,28?,29?/m1/s1. The smallest absolute Gasteiger partial charge is 0.0877 e. The lowest BCUT2D eigenvalue weighted by molar-refractivity contribution is 0.0144. The molecule has 2 saturated heterocycles. The zero-order valence-electron chi connectivity index (χ0n) is 25.6. The van der Waals surface area contributed by atoms with Gasteiger partial charge in [0, 0.05) is 50.1 Å². The predicted octanol–water partition coefficient (Wildman–Crippen LogP) is 4.82. The van der Waals surface area contributed by atoms with Gasteiger partial charge in [0.2, 0.25) is 0 Å². The summed E-state index contributed by atoms with van der Waals surface area (Å²) in [4.78, 5) is 14.5. The number of rotatable bonds is 10. The zero-order chi connectivity index (χ0) is 28.1. The summed E-state index contributed by atoms with van der Waals surface area (Å²) < 4.78 is 12.4. The normalized spacial score (nSPS) is 23.2.